The van der Waals surface area contributed by atoms with Gasteiger partial charge in [-0.2, -0.15) is 0 Å². The van der Waals surface area contributed by atoms with E-state index in [2.05, 4.69) is 0 Å². The van der Waals surface area contributed by atoms with Gasteiger partial charge in [-0.1, -0.05) is 12.1 Å². The fourth-order valence-electron chi connectivity index (χ4n) is 3.34. The molecule has 30 heavy (non-hydrogen) atoms. The molecule has 0 aliphatic rings. The topological polar surface area (TPSA) is 9.23 Å². The Morgan fingerprint density at radius 1 is 0.600 bits per heavy atom. The Balaban J connectivity index is 2.48. The average Bonchev–Trinajstić information content (AvgIpc) is 2.67. The Hall–Kier alpha value is -2.97. The summed E-state index contributed by atoms with van der Waals surface area (Å²) < 4.78 is 105. The first kappa shape index (κ1) is 21.7. The van der Waals surface area contributed by atoms with Crippen LogP contribution in [0.3, 0.4) is 0 Å². The molecule has 0 spiro atoms. The van der Waals surface area contributed by atoms with Crippen LogP contribution in [0.2, 0.25) is 0 Å². The van der Waals surface area contributed by atoms with Gasteiger partial charge < -0.3 is 4.74 Å². The number of hydrogen-bond donors (Lipinski definition) is 0. The van der Waals surface area contributed by atoms with E-state index < -0.39 is 69.6 Å². The monoisotopic (exact) mass is 426 g/mol. The lowest BCUT2D eigenvalue weighted by molar-refractivity contribution is 0.381. The Morgan fingerprint density at radius 2 is 1.03 bits per heavy atom. The fourth-order valence-corrected chi connectivity index (χ4v) is 3.34. The Kier molecular flexibility index (Phi) is 5.83. The maximum Gasteiger partial charge on any atom is 0.257 e. The van der Waals surface area contributed by atoms with E-state index in [4.69, 9.17) is 4.74 Å². The van der Waals surface area contributed by atoms with Gasteiger partial charge in [0.25, 0.3) is 6.71 Å². The van der Waals surface area contributed by atoms with Crippen LogP contribution in [0.4, 0.5) is 30.7 Å². The SMILES string of the molecule is COc1c(F)cc(F)c(F)c1B(c1cc(C)c(F)cc1F)c1cc(C)c(F)cc1F. The first-order valence-electron chi connectivity index (χ1n) is 8.69. The van der Waals surface area contributed by atoms with Crippen LogP contribution in [0.15, 0.2) is 30.3 Å². The molecule has 0 N–H and O–H groups in total. The molecule has 0 unspecified atom stereocenters. The van der Waals surface area contributed by atoms with Gasteiger partial charge in [0.05, 0.1) is 7.11 Å². The van der Waals surface area contributed by atoms with Crippen LogP contribution < -0.4 is 21.1 Å². The summed E-state index contributed by atoms with van der Waals surface area (Å²) in [6, 6.07) is 3.15. The van der Waals surface area contributed by atoms with Gasteiger partial charge in [0, 0.05) is 23.7 Å². The van der Waals surface area contributed by atoms with E-state index in [9.17, 15) is 30.7 Å². The number of methoxy groups -OCH3 is 1. The van der Waals surface area contributed by atoms with Gasteiger partial charge in [-0.3, -0.25) is 0 Å². The predicted molar refractivity (Wildman–Crippen MR) is 99.7 cm³/mol. The van der Waals surface area contributed by atoms with E-state index in [-0.39, 0.29) is 17.2 Å². The molecule has 3 rings (SSSR count). The van der Waals surface area contributed by atoms with Crippen molar-refractivity contribution in [3.8, 4) is 5.75 Å². The standard InChI is InChI=1S/C21H14BF7O/c1-9-4-11(15(25)6-13(9)23)22(12-5-10(2)14(24)7-16(12)26)19-20(29)17(27)8-18(28)21(19)30-3/h4-8H,1-3H3. The maximum atomic E-state index is 14.9. The van der Waals surface area contributed by atoms with E-state index in [1.54, 1.807) is 0 Å². The molecule has 0 atom stereocenters. The Morgan fingerprint density at radius 3 is 1.47 bits per heavy atom. The number of benzene rings is 3. The smallest absolute Gasteiger partial charge is 0.257 e. The zero-order valence-corrected chi connectivity index (χ0v) is 16.0. The molecule has 0 heterocycles. The summed E-state index contributed by atoms with van der Waals surface area (Å²) in [5.74, 6) is -9.61. The number of aryl methyl sites for hydroxylation is 2. The molecule has 0 radical (unpaired) electrons. The van der Waals surface area contributed by atoms with Crippen molar-refractivity contribution in [2.24, 2.45) is 0 Å². The van der Waals surface area contributed by atoms with Crippen LogP contribution in [-0.2, 0) is 0 Å². The summed E-state index contributed by atoms with van der Waals surface area (Å²) in [4.78, 5) is 0. The van der Waals surface area contributed by atoms with Crippen LogP contribution in [0, 0.1) is 54.6 Å². The average molecular weight is 426 g/mol. The zero-order valence-electron chi connectivity index (χ0n) is 16.0. The van der Waals surface area contributed by atoms with Gasteiger partial charge in [-0.05, 0) is 35.9 Å². The second-order valence-electron chi connectivity index (χ2n) is 6.78. The van der Waals surface area contributed by atoms with Crippen molar-refractivity contribution in [1.82, 2.24) is 0 Å². The van der Waals surface area contributed by atoms with Crippen molar-refractivity contribution in [3.63, 3.8) is 0 Å². The third-order valence-corrected chi connectivity index (χ3v) is 4.83. The molecule has 0 bridgehead atoms. The van der Waals surface area contributed by atoms with Gasteiger partial charge >= 0.3 is 0 Å². The van der Waals surface area contributed by atoms with Crippen molar-refractivity contribution < 1.29 is 35.5 Å². The lowest BCUT2D eigenvalue weighted by Crippen LogP contribution is -2.56. The molecular weight excluding hydrogens is 412 g/mol. The van der Waals surface area contributed by atoms with Crippen molar-refractivity contribution in [2.45, 2.75) is 13.8 Å². The minimum Gasteiger partial charge on any atom is -0.494 e. The summed E-state index contributed by atoms with van der Waals surface area (Å²) in [7, 11) is 0.967. The minimum absolute atomic E-state index is 0.0770. The number of hydrogen-bond acceptors (Lipinski definition) is 1. The predicted octanol–water partition coefficient (Wildman–Crippen LogP) is 3.80. The molecule has 3 aromatic carbocycles. The normalized spacial score (nSPS) is 11.0. The quantitative estimate of drug-likeness (QED) is 0.351. The highest BCUT2D eigenvalue weighted by Gasteiger charge is 2.36. The summed E-state index contributed by atoms with van der Waals surface area (Å²) in [6.07, 6.45) is 0. The van der Waals surface area contributed by atoms with E-state index >= 15 is 0 Å². The maximum absolute atomic E-state index is 14.9. The zero-order chi connectivity index (χ0) is 22.3. The van der Waals surface area contributed by atoms with Crippen molar-refractivity contribution in [3.05, 3.63) is 82.2 Å². The van der Waals surface area contributed by atoms with Crippen molar-refractivity contribution in [1.29, 1.82) is 0 Å². The molecule has 0 amide bonds. The lowest BCUT2D eigenvalue weighted by atomic mass is 9.36. The molecule has 1 nitrogen and oxygen atoms in total. The Bertz CT molecular complexity index is 1090. The third-order valence-electron chi connectivity index (χ3n) is 4.83. The molecule has 0 saturated heterocycles. The highest BCUT2D eigenvalue weighted by Crippen LogP contribution is 2.21. The Labute approximate surface area is 168 Å². The third kappa shape index (κ3) is 3.64. The largest absolute Gasteiger partial charge is 0.494 e. The van der Waals surface area contributed by atoms with E-state index in [1.165, 1.54) is 13.8 Å². The molecule has 0 aliphatic heterocycles. The molecule has 3 aromatic rings. The van der Waals surface area contributed by atoms with Gasteiger partial charge in [0.1, 0.15) is 23.3 Å². The van der Waals surface area contributed by atoms with Gasteiger partial charge in [0.15, 0.2) is 23.2 Å². The highest BCUT2D eigenvalue weighted by molar-refractivity contribution is 6.96. The molecule has 0 aromatic heterocycles. The highest BCUT2D eigenvalue weighted by atomic mass is 19.2. The van der Waals surface area contributed by atoms with Crippen LogP contribution in [-0.4, -0.2) is 13.8 Å². The molecular formula is C21H14BF7O. The number of halogens is 7. The molecule has 156 valence electrons. The minimum atomic E-state index is -1.80. The molecule has 0 fully saturated rings. The van der Waals surface area contributed by atoms with Crippen LogP contribution in [0.5, 0.6) is 5.75 Å². The second-order valence-corrected chi connectivity index (χ2v) is 6.78. The summed E-state index contributed by atoms with van der Waals surface area (Å²) in [6.45, 7) is 0.756. The molecule has 0 saturated carbocycles. The van der Waals surface area contributed by atoms with Crippen molar-refractivity contribution in [2.75, 3.05) is 7.11 Å². The fraction of sp³-hybridized carbons (Fsp3) is 0.143. The molecule has 9 heteroatoms. The van der Waals surface area contributed by atoms with Crippen LogP contribution >= 0.6 is 0 Å². The number of ether oxygens (including phenoxy) is 1. The van der Waals surface area contributed by atoms with Crippen LogP contribution in [0.1, 0.15) is 11.1 Å². The van der Waals surface area contributed by atoms with E-state index in [1.807, 2.05) is 0 Å². The van der Waals surface area contributed by atoms with Gasteiger partial charge in [0.2, 0.25) is 0 Å². The summed E-state index contributed by atoms with van der Waals surface area (Å²) in [5.41, 5.74) is -1.94. The van der Waals surface area contributed by atoms with E-state index in [0.29, 0.717) is 12.1 Å². The number of rotatable bonds is 4. The first-order valence-corrected chi connectivity index (χ1v) is 8.69. The van der Waals surface area contributed by atoms with Crippen LogP contribution in [0.25, 0.3) is 0 Å². The van der Waals surface area contributed by atoms with Crippen molar-refractivity contribution >= 4 is 23.1 Å². The molecule has 0 aliphatic carbocycles. The first-order chi connectivity index (χ1) is 14.1. The summed E-state index contributed by atoms with van der Waals surface area (Å²) in [5, 5.41) is 0. The summed E-state index contributed by atoms with van der Waals surface area (Å²) >= 11 is 0. The van der Waals surface area contributed by atoms with Gasteiger partial charge in [-0.25, -0.2) is 30.7 Å². The van der Waals surface area contributed by atoms with E-state index in [0.717, 1.165) is 19.2 Å². The lowest BCUT2D eigenvalue weighted by Gasteiger charge is -2.21. The second kappa shape index (κ2) is 8.05. The van der Waals surface area contributed by atoms with Gasteiger partial charge in [-0.15, -0.1) is 0 Å².